The van der Waals surface area contributed by atoms with E-state index in [9.17, 15) is 4.39 Å². The third kappa shape index (κ3) is 1.61. The van der Waals surface area contributed by atoms with Crippen molar-refractivity contribution >= 4 is 11.6 Å². The third-order valence-corrected chi connectivity index (χ3v) is 2.12. The van der Waals surface area contributed by atoms with Gasteiger partial charge in [-0.3, -0.25) is 4.98 Å². The standard InChI is InChI=1S/C11H6ClFN/c12-9-5-3-7-14-11(9)8-4-1-2-6-10(8)13/h1-2,4-7H. The molecule has 0 atom stereocenters. The van der Waals surface area contributed by atoms with Gasteiger partial charge in [-0.25, -0.2) is 4.39 Å². The summed E-state index contributed by atoms with van der Waals surface area (Å²) in [6, 6.07) is 10.7. The molecule has 14 heavy (non-hydrogen) atoms. The summed E-state index contributed by atoms with van der Waals surface area (Å²) in [7, 11) is 0. The van der Waals surface area contributed by atoms with Crippen LogP contribution >= 0.6 is 11.6 Å². The molecule has 2 rings (SSSR count). The molecule has 1 radical (unpaired) electrons. The second kappa shape index (κ2) is 3.76. The van der Waals surface area contributed by atoms with Gasteiger partial charge < -0.3 is 0 Å². The van der Waals surface area contributed by atoms with Crippen LogP contribution in [0.1, 0.15) is 0 Å². The number of hydrogen-bond acceptors (Lipinski definition) is 1. The summed E-state index contributed by atoms with van der Waals surface area (Å²) in [4.78, 5) is 3.98. The van der Waals surface area contributed by atoms with E-state index >= 15 is 0 Å². The minimum atomic E-state index is -0.326. The lowest BCUT2D eigenvalue weighted by molar-refractivity contribution is 0.631. The van der Waals surface area contributed by atoms with E-state index in [1.165, 1.54) is 12.3 Å². The molecule has 0 saturated heterocycles. The van der Waals surface area contributed by atoms with E-state index in [0.717, 1.165) is 0 Å². The van der Waals surface area contributed by atoms with Gasteiger partial charge in [0.2, 0.25) is 0 Å². The van der Waals surface area contributed by atoms with E-state index in [-0.39, 0.29) is 5.82 Å². The lowest BCUT2D eigenvalue weighted by atomic mass is 10.1. The largest absolute Gasteiger partial charge is 0.254 e. The molecular weight excluding hydrogens is 201 g/mol. The number of pyridine rings is 1. The summed E-state index contributed by atoms with van der Waals surface area (Å²) < 4.78 is 13.3. The fourth-order valence-corrected chi connectivity index (χ4v) is 1.41. The molecule has 0 aliphatic carbocycles. The van der Waals surface area contributed by atoms with Crippen LogP contribution in [0.25, 0.3) is 11.3 Å². The number of aromatic nitrogens is 1. The van der Waals surface area contributed by atoms with Gasteiger partial charge in [0, 0.05) is 17.8 Å². The first-order valence-electron chi connectivity index (χ1n) is 4.05. The highest BCUT2D eigenvalue weighted by Crippen LogP contribution is 2.26. The van der Waals surface area contributed by atoms with Crippen molar-refractivity contribution in [3.8, 4) is 11.3 Å². The normalized spacial score (nSPS) is 10.1. The molecule has 1 aromatic heterocycles. The van der Waals surface area contributed by atoms with Crippen LogP contribution in [-0.2, 0) is 0 Å². The number of halogens is 2. The predicted molar refractivity (Wildman–Crippen MR) is 53.5 cm³/mol. The first-order valence-corrected chi connectivity index (χ1v) is 4.43. The Kier molecular flexibility index (Phi) is 2.46. The Morgan fingerprint density at radius 1 is 1.29 bits per heavy atom. The van der Waals surface area contributed by atoms with E-state index in [0.29, 0.717) is 16.3 Å². The van der Waals surface area contributed by atoms with Crippen molar-refractivity contribution in [1.29, 1.82) is 0 Å². The molecule has 1 aromatic carbocycles. The molecule has 0 amide bonds. The highest BCUT2D eigenvalue weighted by molar-refractivity contribution is 6.32. The van der Waals surface area contributed by atoms with Crippen LogP contribution < -0.4 is 0 Å². The summed E-state index contributed by atoms with van der Waals surface area (Å²) in [6.45, 7) is 0. The molecule has 1 heterocycles. The number of benzene rings is 1. The van der Waals surface area contributed by atoms with E-state index in [4.69, 9.17) is 11.6 Å². The van der Waals surface area contributed by atoms with Gasteiger partial charge in [-0.15, -0.1) is 0 Å². The van der Waals surface area contributed by atoms with Crippen LogP contribution in [0.3, 0.4) is 0 Å². The molecule has 1 nitrogen and oxygen atoms in total. The summed E-state index contributed by atoms with van der Waals surface area (Å²) in [5.74, 6) is -0.326. The van der Waals surface area contributed by atoms with Crippen molar-refractivity contribution in [2.45, 2.75) is 0 Å². The Morgan fingerprint density at radius 3 is 2.79 bits per heavy atom. The summed E-state index contributed by atoms with van der Waals surface area (Å²) >= 11 is 5.87. The van der Waals surface area contributed by atoms with Crippen LogP contribution in [0.4, 0.5) is 4.39 Å². The summed E-state index contributed by atoms with van der Waals surface area (Å²) in [5, 5.41) is 0.401. The topological polar surface area (TPSA) is 12.9 Å². The van der Waals surface area contributed by atoms with Gasteiger partial charge in [0.1, 0.15) is 5.82 Å². The summed E-state index contributed by atoms with van der Waals surface area (Å²) in [5.41, 5.74) is 0.856. The SMILES string of the molecule is Fc1ccccc1-c1nc[c]cc1Cl. The zero-order valence-corrected chi connectivity index (χ0v) is 7.92. The average molecular weight is 207 g/mol. The Morgan fingerprint density at radius 2 is 2.07 bits per heavy atom. The highest BCUT2D eigenvalue weighted by atomic mass is 35.5. The van der Waals surface area contributed by atoms with Crippen molar-refractivity contribution in [1.82, 2.24) is 4.98 Å². The Hall–Kier alpha value is -1.41. The molecular formula is C11H6ClFN. The van der Waals surface area contributed by atoms with Crippen molar-refractivity contribution < 1.29 is 4.39 Å². The first-order chi connectivity index (χ1) is 6.79. The molecule has 0 bridgehead atoms. The first kappa shape index (κ1) is 9.16. The van der Waals surface area contributed by atoms with Gasteiger partial charge >= 0.3 is 0 Å². The van der Waals surface area contributed by atoms with Crippen LogP contribution in [0, 0.1) is 11.9 Å². The molecule has 0 N–H and O–H groups in total. The maximum atomic E-state index is 13.3. The monoisotopic (exact) mass is 206 g/mol. The predicted octanol–water partition coefficient (Wildman–Crippen LogP) is 3.34. The van der Waals surface area contributed by atoms with Crippen molar-refractivity contribution in [2.75, 3.05) is 0 Å². The average Bonchev–Trinajstić information content (AvgIpc) is 2.20. The van der Waals surface area contributed by atoms with E-state index in [1.54, 1.807) is 24.3 Å². The van der Waals surface area contributed by atoms with Gasteiger partial charge in [0.25, 0.3) is 0 Å². The lowest BCUT2D eigenvalue weighted by Crippen LogP contribution is -1.87. The molecule has 3 heteroatoms. The van der Waals surface area contributed by atoms with Gasteiger partial charge in [-0.2, -0.15) is 0 Å². The highest BCUT2D eigenvalue weighted by Gasteiger charge is 2.08. The Bertz CT molecular complexity index is 413. The zero-order valence-electron chi connectivity index (χ0n) is 7.17. The lowest BCUT2D eigenvalue weighted by Gasteiger charge is -2.03. The zero-order chi connectivity index (χ0) is 9.97. The smallest absolute Gasteiger partial charge is 0.132 e. The Balaban J connectivity index is 2.61. The third-order valence-electron chi connectivity index (χ3n) is 1.83. The molecule has 0 aliphatic rings. The molecule has 69 valence electrons. The molecule has 0 spiro atoms. The molecule has 0 unspecified atom stereocenters. The molecule has 0 saturated carbocycles. The fraction of sp³-hybridized carbons (Fsp3) is 0. The Labute approximate surface area is 86.2 Å². The van der Waals surface area contributed by atoms with Crippen LogP contribution in [-0.4, -0.2) is 4.98 Å². The van der Waals surface area contributed by atoms with Crippen LogP contribution in [0.2, 0.25) is 5.02 Å². The van der Waals surface area contributed by atoms with Gasteiger partial charge in [0.15, 0.2) is 0 Å². The minimum absolute atomic E-state index is 0.326. The van der Waals surface area contributed by atoms with Gasteiger partial charge in [0.05, 0.1) is 10.7 Å². The molecule has 0 aliphatic heterocycles. The summed E-state index contributed by atoms with van der Waals surface area (Å²) in [6.07, 6.45) is 1.47. The fourth-order valence-electron chi connectivity index (χ4n) is 1.19. The molecule has 2 aromatic rings. The maximum Gasteiger partial charge on any atom is 0.132 e. The second-order valence-electron chi connectivity index (χ2n) is 2.75. The van der Waals surface area contributed by atoms with Crippen molar-refractivity contribution in [2.24, 2.45) is 0 Å². The van der Waals surface area contributed by atoms with Crippen LogP contribution in [0.5, 0.6) is 0 Å². The number of nitrogens with zero attached hydrogens (tertiary/aromatic N) is 1. The van der Waals surface area contributed by atoms with Gasteiger partial charge in [-0.1, -0.05) is 23.7 Å². The number of rotatable bonds is 1. The second-order valence-corrected chi connectivity index (χ2v) is 3.15. The van der Waals surface area contributed by atoms with Crippen molar-refractivity contribution in [3.63, 3.8) is 0 Å². The maximum absolute atomic E-state index is 13.3. The number of hydrogen-bond donors (Lipinski definition) is 0. The quantitative estimate of drug-likeness (QED) is 0.698. The van der Waals surface area contributed by atoms with Gasteiger partial charge in [-0.05, 0) is 18.2 Å². The molecule has 0 fully saturated rings. The van der Waals surface area contributed by atoms with Crippen LogP contribution in [0.15, 0.2) is 36.5 Å². The van der Waals surface area contributed by atoms with E-state index < -0.39 is 0 Å². The minimum Gasteiger partial charge on any atom is -0.254 e. The van der Waals surface area contributed by atoms with E-state index in [2.05, 4.69) is 11.1 Å². The van der Waals surface area contributed by atoms with Crippen molar-refractivity contribution in [3.05, 3.63) is 53.4 Å². The van der Waals surface area contributed by atoms with E-state index in [1.807, 2.05) is 0 Å².